The van der Waals surface area contributed by atoms with Gasteiger partial charge in [-0.3, -0.25) is 9.48 Å². The molecule has 0 saturated carbocycles. The van der Waals surface area contributed by atoms with Crippen LogP contribution in [0.1, 0.15) is 24.0 Å². The van der Waals surface area contributed by atoms with Gasteiger partial charge >= 0.3 is 0 Å². The normalized spacial score (nSPS) is 11.4. The summed E-state index contributed by atoms with van der Waals surface area (Å²) in [6.45, 7) is 4.41. The standard InChI is InChI=1S/C14H16BrN5O/c1-4-10-13(15)12(18(3)17-10)8-19-5-6-20-11(14(19)21)7-9(2)16-20/h5-7H,4,8H2,1-3H3. The molecule has 3 aromatic rings. The molecular formula is C14H16BrN5O. The van der Waals surface area contributed by atoms with Gasteiger partial charge < -0.3 is 4.57 Å². The Labute approximate surface area is 130 Å². The maximum atomic E-state index is 12.5. The molecule has 3 rings (SSSR count). The molecule has 6 nitrogen and oxygen atoms in total. The largest absolute Gasteiger partial charge is 0.306 e. The van der Waals surface area contributed by atoms with Crippen molar-refractivity contribution in [2.45, 2.75) is 26.8 Å². The van der Waals surface area contributed by atoms with Crippen LogP contribution in [0.15, 0.2) is 27.7 Å². The topological polar surface area (TPSA) is 57.1 Å². The van der Waals surface area contributed by atoms with E-state index in [4.69, 9.17) is 0 Å². The van der Waals surface area contributed by atoms with Crippen LogP contribution in [0.3, 0.4) is 0 Å². The van der Waals surface area contributed by atoms with Crippen LogP contribution in [0.5, 0.6) is 0 Å². The van der Waals surface area contributed by atoms with E-state index in [0.717, 1.165) is 28.0 Å². The van der Waals surface area contributed by atoms with Gasteiger partial charge in [-0.05, 0) is 35.3 Å². The highest BCUT2D eigenvalue weighted by Crippen LogP contribution is 2.22. The van der Waals surface area contributed by atoms with Gasteiger partial charge in [0.1, 0.15) is 5.52 Å². The van der Waals surface area contributed by atoms with Gasteiger partial charge in [0.25, 0.3) is 5.56 Å². The lowest BCUT2D eigenvalue weighted by Gasteiger charge is -2.07. The molecule has 0 spiro atoms. The fourth-order valence-corrected chi connectivity index (χ4v) is 3.17. The van der Waals surface area contributed by atoms with Crippen molar-refractivity contribution >= 4 is 21.4 Å². The summed E-state index contributed by atoms with van der Waals surface area (Å²) < 4.78 is 6.09. The summed E-state index contributed by atoms with van der Waals surface area (Å²) in [6, 6.07) is 1.80. The van der Waals surface area contributed by atoms with Crippen molar-refractivity contribution in [3.8, 4) is 0 Å². The van der Waals surface area contributed by atoms with Crippen LogP contribution in [-0.2, 0) is 20.0 Å². The van der Waals surface area contributed by atoms with Crippen LogP contribution >= 0.6 is 15.9 Å². The van der Waals surface area contributed by atoms with Gasteiger partial charge in [-0.1, -0.05) is 6.92 Å². The minimum atomic E-state index is -0.0516. The molecule has 7 heteroatoms. The molecule has 110 valence electrons. The predicted octanol–water partition coefficient (Wildman–Crippen LogP) is 1.91. The fourth-order valence-electron chi connectivity index (χ4n) is 2.43. The molecule has 0 bridgehead atoms. The van der Waals surface area contributed by atoms with Gasteiger partial charge in [-0.25, -0.2) is 4.52 Å². The lowest BCUT2D eigenvalue weighted by molar-refractivity contribution is 0.644. The Balaban J connectivity index is 2.08. The summed E-state index contributed by atoms with van der Waals surface area (Å²) in [5.41, 5.74) is 3.35. The number of fused-ring (bicyclic) bond motifs is 1. The van der Waals surface area contributed by atoms with E-state index in [-0.39, 0.29) is 5.56 Å². The zero-order valence-corrected chi connectivity index (χ0v) is 13.8. The minimum absolute atomic E-state index is 0.0516. The first kappa shape index (κ1) is 14.1. The highest BCUT2D eigenvalue weighted by Gasteiger charge is 2.14. The molecule has 0 N–H and O–H groups in total. The molecule has 0 amide bonds. The Morgan fingerprint density at radius 3 is 2.71 bits per heavy atom. The Kier molecular flexibility index (Phi) is 3.44. The molecular weight excluding hydrogens is 334 g/mol. The van der Waals surface area contributed by atoms with E-state index in [9.17, 15) is 4.79 Å². The Morgan fingerprint density at radius 2 is 2.05 bits per heavy atom. The van der Waals surface area contributed by atoms with Crippen molar-refractivity contribution < 1.29 is 0 Å². The van der Waals surface area contributed by atoms with Crippen molar-refractivity contribution in [1.82, 2.24) is 24.0 Å². The number of aromatic nitrogens is 5. The van der Waals surface area contributed by atoms with E-state index < -0.39 is 0 Å². The summed E-state index contributed by atoms with van der Waals surface area (Å²) in [5, 5.41) is 8.71. The number of rotatable bonds is 3. The number of halogens is 1. The highest BCUT2D eigenvalue weighted by atomic mass is 79.9. The molecule has 3 aromatic heterocycles. The zero-order valence-electron chi connectivity index (χ0n) is 12.2. The molecule has 0 aromatic carbocycles. The second kappa shape index (κ2) is 5.14. The second-order valence-electron chi connectivity index (χ2n) is 5.03. The fraction of sp³-hybridized carbons (Fsp3) is 0.357. The molecule has 0 saturated heterocycles. The smallest absolute Gasteiger partial charge is 0.276 e. The van der Waals surface area contributed by atoms with Crippen molar-refractivity contribution in [3.05, 3.63) is 50.4 Å². The molecule has 0 radical (unpaired) electrons. The summed E-state index contributed by atoms with van der Waals surface area (Å²) in [6.07, 6.45) is 4.41. The first-order valence-electron chi connectivity index (χ1n) is 6.77. The lowest BCUT2D eigenvalue weighted by Crippen LogP contribution is -2.23. The van der Waals surface area contributed by atoms with Gasteiger partial charge in [-0.15, -0.1) is 0 Å². The third-order valence-electron chi connectivity index (χ3n) is 3.55. The predicted molar refractivity (Wildman–Crippen MR) is 83.6 cm³/mol. The maximum absolute atomic E-state index is 12.5. The third-order valence-corrected chi connectivity index (χ3v) is 4.46. The lowest BCUT2D eigenvalue weighted by atomic mass is 10.3. The van der Waals surface area contributed by atoms with E-state index >= 15 is 0 Å². The maximum Gasteiger partial charge on any atom is 0.276 e. The third kappa shape index (κ3) is 2.31. The molecule has 21 heavy (non-hydrogen) atoms. The van der Waals surface area contributed by atoms with E-state index in [1.165, 1.54) is 0 Å². The van der Waals surface area contributed by atoms with Gasteiger partial charge in [0, 0.05) is 19.4 Å². The van der Waals surface area contributed by atoms with Gasteiger partial charge in [0.2, 0.25) is 0 Å². The van der Waals surface area contributed by atoms with Crippen LogP contribution in [0.25, 0.3) is 5.52 Å². The highest BCUT2D eigenvalue weighted by molar-refractivity contribution is 9.10. The van der Waals surface area contributed by atoms with Gasteiger partial charge in [-0.2, -0.15) is 10.2 Å². The molecule has 0 aliphatic carbocycles. The molecule has 0 aliphatic heterocycles. The monoisotopic (exact) mass is 349 g/mol. The Hall–Kier alpha value is -1.89. The number of nitrogens with zero attached hydrogens (tertiary/aromatic N) is 5. The van der Waals surface area contributed by atoms with E-state index in [2.05, 4.69) is 33.1 Å². The second-order valence-corrected chi connectivity index (χ2v) is 5.82. The molecule has 3 heterocycles. The van der Waals surface area contributed by atoms with Gasteiger partial charge in [0.15, 0.2) is 0 Å². The van der Waals surface area contributed by atoms with Crippen molar-refractivity contribution in [2.75, 3.05) is 0 Å². The summed E-state index contributed by atoms with van der Waals surface area (Å²) in [4.78, 5) is 12.5. The number of hydrogen-bond acceptors (Lipinski definition) is 3. The molecule has 0 fully saturated rings. The average molecular weight is 350 g/mol. The van der Waals surface area contributed by atoms with Crippen LogP contribution in [0, 0.1) is 6.92 Å². The molecule has 0 atom stereocenters. The van der Waals surface area contributed by atoms with Crippen molar-refractivity contribution in [1.29, 1.82) is 0 Å². The average Bonchev–Trinajstić information content (AvgIpc) is 2.96. The van der Waals surface area contributed by atoms with Crippen LogP contribution < -0.4 is 5.56 Å². The first-order valence-corrected chi connectivity index (χ1v) is 7.56. The first-order chi connectivity index (χ1) is 10.0. The number of hydrogen-bond donors (Lipinski definition) is 0. The molecule has 0 unspecified atom stereocenters. The van der Waals surface area contributed by atoms with Crippen LogP contribution in [-0.4, -0.2) is 24.0 Å². The summed E-state index contributed by atoms with van der Waals surface area (Å²) >= 11 is 3.58. The number of aryl methyl sites for hydroxylation is 3. The van der Waals surface area contributed by atoms with E-state index in [1.807, 2.05) is 18.7 Å². The molecule has 0 aliphatic rings. The SMILES string of the molecule is CCc1nn(C)c(Cn2ccn3nc(C)cc3c2=O)c1Br. The van der Waals surface area contributed by atoms with Gasteiger partial charge in [0.05, 0.1) is 28.1 Å². The Bertz CT molecular complexity index is 873. The zero-order chi connectivity index (χ0) is 15.1. The quantitative estimate of drug-likeness (QED) is 0.725. The van der Waals surface area contributed by atoms with Crippen molar-refractivity contribution in [3.63, 3.8) is 0 Å². The van der Waals surface area contributed by atoms with E-state index in [0.29, 0.717) is 12.1 Å². The van der Waals surface area contributed by atoms with Crippen molar-refractivity contribution in [2.24, 2.45) is 7.05 Å². The Morgan fingerprint density at radius 1 is 1.29 bits per heavy atom. The minimum Gasteiger partial charge on any atom is -0.306 e. The summed E-state index contributed by atoms with van der Waals surface area (Å²) in [5.74, 6) is 0. The van der Waals surface area contributed by atoms with Crippen LogP contribution in [0.2, 0.25) is 0 Å². The van der Waals surface area contributed by atoms with E-state index in [1.54, 1.807) is 27.5 Å². The summed E-state index contributed by atoms with van der Waals surface area (Å²) in [7, 11) is 1.89. The van der Waals surface area contributed by atoms with Crippen LogP contribution in [0.4, 0.5) is 0 Å².